The van der Waals surface area contributed by atoms with Gasteiger partial charge in [-0.25, -0.2) is 13.1 Å². The molecule has 1 saturated carbocycles. The van der Waals surface area contributed by atoms with E-state index in [0.717, 1.165) is 24.7 Å². The first kappa shape index (κ1) is 15.1. The SMILES string of the molecule is CCN(CC1CCC1)c1ccc(S(=O)(=O)NC)c(N)c1. The number of hydrogen-bond acceptors (Lipinski definition) is 4. The number of rotatable bonds is 6. The van der Waals surface area contributed by atoms with E-state index < -0.39 is 10.0 Å². The maximum Gasteiger partial charge on any atom is 0.242 e. The molecule has 1 aromatic carbocycles. The molecule has 0 amide bonds. The number of nitrogens with one attached hydrogen (secondary N) is 1. The fourth-order valence-corrected chi connectivity index (χ4v) is 3.33. The van der Waals surface area contributed by atoms with E-state index in [2.05, 4.69) is 16.5 Å². The molecule has 0 bridgehead atoms. The van der Waals surface area contributed by atoms with Crippen molar-refractivity contribution in [3.05, 3.63) is 18.2 Å². The highest BCUT2D eigenvalue weighted by molar-refractivity contribution is 7.89. The van der Waals surface area contributed by atoms with E-state index in [1.54, 1.807) is 12.1 Å². The molecule has 0 atom stereocenters. The van der Waals surface area contributed by atoms with Crippen LogP contribution >= 0.6 is 0 Å². The van der Waals surface area contributed by atoms with Crippen molar-refractivity contribution in [2.45, 2.75) is 31.1 Å². The molecule has 0 aliphatic heterocycles. The average Bonchev–Trinajstić information content (AvgIpc) is 2.37. The van der Waals surface area contributed by atoms with Gasteiger partial charge in [0.15, 0.2) is 0 Å². The maximum absolute atomic E-state index is 11.8. The number of nitrogens with zero attached hydrogens (tertiary/aromatic N) is 1. The zero-order valence-corrected chi connectivity index (χ0v) is 12.9. The van der Waals surface area contributed by atoms with Crippen molar-refractivity contribution < 1.29 is 8.42 Å². The van der Waals surface area contributed by atoms with Crippen LogP contribution < -0.4 is 15.4 Å². The summed E-state index contributed by atoms with van der Waals surface area (Å²) in [5.74, 6) is 0.761. The number of benzene rings is 1. The van der Waals surface area contributed by atoms with Gasteiger partial charge in [0.25, 0.3) is 0 Å². The van der Waals surface area contributed by atoms with Crippen molar-refractivity contribution in [1.82, 2.24) is 4.72 Å². The van der Waals surface area contributed by atoms with E-state index in [0.29, 0.717) is 5.69 Å². The second-order valence-corrected chi connectivity index (χ2v) is 7.12. The Balaban J connectivity index is 2.22. The molecule has 1 aromatic rings. The number of sulfonamides is 1. The summed E-state index contributed by atoms with van der Waals surface area (Å²) in [5, 5.41) is 0. The lowest BCUT2D eigenvalue weighted by Crippen LogP contribution is -2.32. The predicted octanol–water partition coefficient (Wildman–Crippen LogP) is 1.80. The fraction of sp³-hybridized carbons (Fsp3) is 0.571. The van der Waals surface area contributed by atoms with Gasteiger partial charge in [-0.15, -0.1) is 0 Å². The first-order chi connectivity index (χ1) is 9.47. The van der Waals surface area contributed by atoms with Crippen molar-refractivity contribution >= 4 is 21.4 Å². The zero-order chi connectivity index (χ0) is 14.8. The Morgan fingerprint density at radius 3 is 2.55 bits per heavy atom. The molecule has 0 heterocycles. The van der Waals surface area contributed by atoms with Gasteiger partial charge in [0, 0.05) is 18.8 Å². The molecule has 0 unspecified atom stereocenters. The Morgan fingerprint density at radius 2 is 2.10 bits per heavy atom. The van der Waals surface area contributed by atoms with Crippen molar-refractivity contribution in [1.29, 1.82) is 0 Å². The maximum atomic E-state index is 11.8. The van der Waals surface area contributed by atoms with E-state index in [9.17, 15) is 8.42 Å². The molecule has 1 fully saturated rings. The lowest BCUT2D eigenvalue weighted by Gasteiger charge is -2.33. The molecule has 112 valence electrons. The van der Waals surface area contributed by atoms with Crippen LogP contribution in [0.4, 0.5) is 11.4 Å². The number of nitrogen functional groups attached to an aromatic ring is 1. The largest absolute Gasteiger partial charge is 0.398 e. The van der Waals surface area contributed by atoms with E-state index in [-0.39, 0.29) is 4.90 Å². The summed E-state index contributed by atoms with van der Waals surface area (Å²) in [7, 11) is -2.10. The number of anilines is 2. The quantitative estimate of drug-likeness (QED) is 0.785. The number of nitrogens with two attached hydrogens (primary N) is 1. The van der Waals surface area contributed by atoms with Gasteiger partial charge in [-0.1, -0.05) is 6.42 Å². The summed E-state index contributed by atoms with van der Waals surface area (Å²) in [5.41, 5.74) is 7.19. The summed E-state index contributed by atoms with van der Waals surface area (Å²) in [6, 6.07) is 5.18. The van der Waals surface area contributed by atoms with Crippen LogP contribution in [0.25, 0.3) is 0 Å². The van der Waals surface area contributed by atoms with Crippen molar-refractivity contribution in [3.8, 4) is 0 Å². The Labute approximate surface area is 121 Å². The summed E-state index contributed by atoms with van der Waals surface area (Å²) in [4.78, 5) is 2.40. The van der Waals surface area contributed by atoms with Gasteiger partial charge < -0.3 is 10.6 Å². The summed E-state index contributed by atoms with van der Waals surface area (Å²) in [6.45, 7) is 4.02. The molecule has 20 heavy (non-hydrogen) atoms. The predicted molar refractivity (Wildman–Crippen MR) is 82.3 cm³/mol. The minimum atomic E-state index is -3.49. The molecule has 1 aliphatic carbocycles. The standard InChI is InChI=1S/C14H23N3O2S/c1-3-17(10-11-5-4-6-11)12-7-8-14(13(15)9-12)20(18,19)16-2/h7-9,11,16H,3-6,10,15H2,1-2H3. The highest BCUT2D eigenvalue weighted by Crippen LogP contribution is 2.30. The van der Waals surface area contributed by atoms with E-state index in [1.165, 1.54) is 26.3 Å². The van der Waals surface area contributed by atoms with Crippen LogP contribution in [-0.4, -0.2) is 28.6 Å². The van der Waals surface area contributed by atoms with Crippen LogP contribution in [0.15, 0.2) is 23.1 Å². The molecule has 2 rings (SSSR count). The molecule has 1 aliphatic rings. The molecular formula is C14H23N3O2S. The summed E-state index contributed by atoms with van der Waals surface area (Å²) < 4.78 is 25.9. The van der Waals surface area contributed by atoms with Gasteiger partial charge >= 0.3 is 0 Å². The van der Waals surface area contributed by atoms with Crippen LogP contribution in [0.2, 0.25) is 0 Å². The molecule has 0 aromatic heterocycles. The first-order valence-electron chi connectivity index (χ1n) is 7.06. The first-order valence-corrected chi connectivity index (χ1v) is 8.54. The normalized spacial score (nSPS) is 15.9. The molecule has 0 radical (unpaired) electrons. The Bertz CT molecular complexity index is 568. The van der Waals surface area contributed by atoms with Crippen molar-refractivity contribution in [2.24, 2.45) is 5.92 Å². The third kappa shape index (κ3) is 3.07. The molecule has 0 spiro atoms. The molecule has 5 nitrogen and oxygen atoms in total. The Kier molecular flexibility index (Phi) is 4.55. The fourth-order valence-electron chi connectivity index (χ4n) is 2.49. The smallest absolute Gasteiger partial charge is 0.242 e. The topological polar surface area (TPSA) is 75.4 Å². The number of hydrogen-bond donors (Lipinski definition) is 2. The van der Waals surface area contributed by atoms with Crippen LogP contribution in [0.3, 0.4) is 0 Å². The lowest BCUT2D eigenvalue weighted by atomic mass is 9.85. The third-order valence-corrected chi connectivity index (χ3v) is 5.49. The second-order valence-electron chi connectivity index (χ2n) is 5.27. The van der Waals surface area contributed by atoms with Crippen molar-refractivity contribution in [3.63, 3.8) is 0 Å². The minimum Gasteiger partial charge on any atom is -0.398 e. The van der Waals surface area contributed by atoms with Gasteiger partial charge in [-0.05, 0) is 50.9 Å². The van der Waals surface area contributed by atoms with E-state index in [1.807, 2.05) is 6.07 Å². The van der Waals surface area contributed by atoms with Crippen LogP contribution in [0.5, 0.6) is 0 Å². The highest BCUT2D eigenvalue weighted by atomic mass is 32.2. The molecular weight excluding hydrogens is 274 g/mol. The van der Waals surface area contributed by atoms with Gasteiger partial charge in [0.2, 0.25) is 10.0 Å². The minimum absolute atomic E-state index is 0.142. The van der Waals surface area contributed by atoms with Crippen LogP contribution in [0.1, 0.15) is 26.2 Å². The van der Waals surface area contributed by atoms with Crippen molar-refractivity contribution in [2.75, 3.05) is 30.8 Å². The van der Waals surface area contributed by atoms with E-state index in [4.69, 9.17) is 5.73 Å². The molecule has 6 heteroatoms. The zero-order valence-electron chi connectivity index (χ0n) is 12.1. The molecule has 3 N–H and O–H groups in total. The highest BCUT2D eigenvalue weighted by Gasteiger charge is 2.21. The summed E-state index contributed by atoms with van der Waals surface area (Å²) >= 11 is 0. The Morgan fingerprint density at radius 1 is 1.40 bits per heavy atom. The average molecular weight is 297 g/mol. The van der Waals surface area contributed by atoms with Crippen LogP contribution in [0, 0.1) is 5.92 Å². The molecule has 0 saturated heterocycles. The monoisotopic (exact) mass is 297 g/mol. The van der Waals surface area contributed by atoms with Gasteiger partial charge in [0.1, 0.15) is 4.90 Å². The van der Waals surface area contributed by atoms with Gasteiger partial charge in [0.05, 0.1) is 5.69 Å². The Hall–Kier alpha value is -1.27. The lowest BCUT2D eigenvalue weighted by molar-refractivity contribution is 0.318. The van der Waals surface area contributed by atoms with Crippen LogP contribution in [-0.2, 0) is 10.0 Å². The van der Waals surface area contributed by atoms with Gasteiger partial charge in [-0.3, -0.25) is 0 Å². The van der Waals surface area contributed by atoms with E-state index >= 15 is 0 Å². The summed E-state index contributed by atoms with van der Waals surface area (Å²) in [6.07, 6.45) is 3.90. The van der Waals surface area contributed by atoms with Gasteiger partial charge in [-0.2, -0.15) is 0 Å². The third-order valence-electron chi connectivity index (χ3n) is 4.00. The second kappa shape index (κ2) is 6.01.